The normalized spacial score (nSPS) is 10.9. The summed E-state index contributed by atoms with van der Waals surface area (Å²) < 4.78 is 16.7. The molecule has 178 valence electrons. The number of carbonyl (C=O) groups is 1. The Labute approximate surface area is 213 Å². The van der Waals surface area contributed by atoms with Crippen molar-refractivity contribution in [3.8, 4) is 17.2 Å². The standard InChI is InChI=1S/C25H23Cl3N2O4/c1-3-33-19-7-4-16(5-8-19)13-24(31)30-29-14-18-11-22(28)25(23(12-18)32-2)34-15-17-6-9-20(26)21(27)10-17/h4-12,14H,3,13,15H2,1-2H3,(H,30,31)/b29-14-. The Morgan fingerprint density at radius 3 is 2.35 bits per heavy atom. The van der Waals surface area contributed by atoms with E-state index in [4.69, 9.17) is 49.0 Å². The van der Waals surface area contributed by atoms with Crippen LogP contribution >= 0.6 is 34.8 Å². The van der Waals surface area contributed by atoms with Gasteiger partial charge in [-0.15, -0.1) is 0 Å². The number of hydrazone groups is 1. The van der Waals surface area contributed by atoms with Crippen LogP contribution in [0.2, 0.25) is 15.1 Å². The Balaban J connectivity index is 1.60. The molecule has 0 atom stereocenters. The molecule has 0 fully saturated rings. The first kappa shape index (κ1) is 25.7. The SMILES string of the molecule is CCOc1ccc(CC(=O)N/N=C\c2cc(Cl)c(OCc3ccc(Cl)c(Cl)c3)c(OC)c2)cc1. The summed E-state index contributed by atoms with van der Waals surface area (Å²) in [5, 5.41) is 5.26. The van der Waals surface area contributed by atoms with E-state index in [1.165, 1.54) is 13.3 Å². The number of nitrogens with one attached hydrogen (secondary N) is 1. The van der Waals surface area contributed by atoms with E-state index in [1.807, 2.05) is 37.3 Å². The highest BCUT2D eigenvalue weighted by molar-refractivity contribution is 6.42. The highest BCUT2D eigenvalue weighted by Gasteiger charge is 2.12. The van der Waals surface area contributed by atoms with Gasteiger partial charge in [-0.25, -0.2) is 5.43 Å². The van der Waals surface area contributed by atoms with Crippen molar-refractivity contribution < 1.29 is 19.0 Å². The number of rotatable bonds is 10. The lowest BCUT2D eigenvalue weighted by Gasteiger charge is -2.13. The largest absolute Gasteiger partial charge is 0.494 e. The van der Waals surface area contributed by atoms with Gasteiger partial charge in [0.05, 0.1) is 41.4 Å². The summed E-state index contributed by atoms with van der Waals surface area (Å²) in [6, 6.07) is 15.9. The fraction of sp³-hybridized carbons (Fsp3) is 0.200. The molecule has 1 amide bonds. The van der Waals surface area contributed by atoms with Crippen LogP contribution in [0.1, 0.15) is 23.6 Å². The number of nitrogens with zero attached hydrogens (tertiary/aromatic N) is 1. The number of hydrogen-bond acceptors (Lipinski definition) is 5. The van der Waals surface area contributed by atoms with Crippen LogP contribution < -0.4 is 19.6 Å². The number of benzene rings is 3. The van der Waals surface area contributed by atoms with Crippen molar-refractivity contribution in [1.29, 1.82) is 0 Å². The zero-order chi connectivity index (χ0) is 24.5. The van der Waals surface area contributed by atoms with E-state index in [1.54, 1.807) is 24.3 Å². The van der Waals surface area contributed by atoms with Gasteiger partial charge in [0.25, 0.3) is 0 Å². The Hall–Kier alpha value is -2.93. The van der Waals surface area contributed by atoms with Gasteiger partial charge in [-0.1, -0.05) is 53.0 Å². The van der Waals surface area contributed by atoms with E-state index in [0.717, 1.165) is 16.9 Å². The van der Waals surface area contributed by atoms with Crippen molar-refractivity contribution in [3.05, 3.63) is 86.4 Å². The van der Waals surface area contributed by atoms with Crippen LogP contribution in [-0.4, -0.2) is 25.8 Å². The fourth-order valence-electron chi connectivity index (χ4n) is 3.01. The molecule has 3 rings (SSSR count). The van der Waals surface area contributed by atoms with Gasteiger partial charge < -0.3 is 14.2 Å². The maximum atomic E-state index is 12.2. The minimum absolute atomic E-state index is 0.190. The number of amides is 1. The smallest absolute Gasteiger partial charge is 0.244 e. The van der Waals surface area contributed by atoms with Crippen LogP contribution in [0, 0.1) is 0 Å². The molecule has 0 spiro atoms. The molecule has 1 N–H and O–H groups in total. The topological polar surface area (TPSA) is 69.2 Å². The number of methoxy groups -OCH3 is 1. The van der Waals surface area contributed by atoms with Crippen LogP contribution in [0.5, 0.6) is 17.2 Å². The molecule has 3 aromatic rings. The summed E-state index contributed by atoms with van der Waals surface area (Å²) in [5.74, 6) is 1.32. The minimum Gasteiger partial charge on any atom is -0.494 e. The Morgan fingerprint density at radius 1 is 0.941 bits per heavy atom. The zero-order valence-corrected chi connectivity index (χ0v) is 20.9. The van der Waals surface area contributed by atoms with Crippen molar-refractivity contribution in [2.24, 2.45) is 5.10 Å². The quantitative estimate of drug-likeness (QED) is 0.250. The molecule has 0 aliphatic heterocycles. The number of halogens is 3. The van der Waals surface area contributed by atoms with Gasteiger partial charge in [0.15, 0.2) is 11.5 Å². The molecule has 9 heteroatoms. The predicted molar refractivity (Wildman–Crippen MR) is 136 cm³/mol. The van der Waals surface area contributed by atoms with Crippen LogP contribution in [0.25, 0.3) is 0 Å². The van der Waals surface area contributed by atoms with Crippen molar-refractivity contribution in [2.75, 3.05) is 13.7 Å². The second-order valence-corrected chi connectivity index (χ2v) is 8.34. The molecule has 0 saturated carbocycles. The third-order valence-electron chi connectivity index (χ3n) is 4.62. The summed E-state index contributed by atoms with van der Waals surface area (Å²) in [4.78, 5) is 12.2. The summed E-state index contributed by atoms with van der Waals surface area (Å²) in [5.41, 5.74) is 4.82. The van der Waals surface area contributed by atoms with E-state index in [-0.39, 0.29) is 18.9 Å². The molecule has 0 aliphatic carbocycles. The third kappa shape index (κ3) is 7.29. The van der Waals surface area contributed by atoms with E-state index < -0.39 is 0 Å². The van der Waals surface area contributed by atoms with E-state index in [9.17, 15) is 4.79 Å². The molecule has 3 aromatic carbocycles. The summed E-state index contributed by atoms with van der Waals surface area (Å²) in [7, 11) is 1.51. The Bertz CT molecular complexity index is 1170. The second kappa shape index (κ2) is 12.5. The lowest BCUT2D eigenvalue weighted by atomic mass is 10.1. The molecule has 0 aromatic heterocycles. The monoisotopic (exact) mass is 520 g/mol. The first-order valence-corrected chi connectivity index (χ1v) is 11.5. The minimum atomic E-state index is -0.250. The average molecular weight is 522 g/mol. The van der Waals surface area contributed by atoms with Gasteiger partial charge in [-0.05, 0) is 60.0 Å². The van der Waals surface area contributed by atoms with Gasteiger partial charge in [-0.3, -0.25) is 4.79 Å². The van der Waals surface area contributed by atoms with Crippen molar-refractivity contribution in [1.82, 2.24) is 5.43 Å². The van der Waals surface area contributed by atoms with Gasteiger partial charge in [0.1, 0.15) is 12.4 Å². The number of hydrogen-bond donors (Lipinski definition) is 1. The van der Waals surface area contributed by atoms with Crippen molar-refractivity contribution in [3.63, 3.8) is 0 Å². The van der Waals surface area contributed by atoms with Gasteiger partial charge in [0.2, 0.25) is 5.91 Å². The second-order valence-electron chi connectivity index (χ2n) is 7.12. The van der Waals surface area contributed by atoms with Crippen LogP contribution in [0.3, 0.4) is 0 Å². The lowest BCUT2D eigenvalue weighted by Crippen LogP contribution is -2.19. The molecule has 0 radical (unpaired) electrons. The maximum Gasteiger partial charge on any atom is 0.244 e. The number of carbonyl (C=O) groups excluding carboxylic acids is 1. The van der Waals surface area contributed by atoms with Gasteiger partial charge in [0, 0.05) is 0 Å². The Morgan fingerprint density at radius 2 is 1.68 bits per heavy atom. The first-order chi connectivity index (χ1) is 16.4. The zero-order valence-electron chi connectivity index (χ0n) is 18.6. The van der Waals surface area contributed by atoms with Crippen LogP contribution in [-0.2, 0) is 17.8 Å². The molecule has 0 unspecified atom stereocenters. The lowest BCUT2D eigenvalue weighted by molar-refractivity contribution is -0.120. The van der Waals surface area contributed by atoms with E-state index in [2.05, 4.69) is 10.5 Å². The van der Waals surface area contributed by atoms with Gasteiger partial charge >= 0.3 is 0 Å². The van der Waals surface area contributed by atoms with Crippen LogP contribution in [0.15, 0.2) is 59.7 Å². The third-order valence-corrected chi connectivity index (χ3v) is 5.64. The van der Waals surface area contributed by atoms with Crippen LogP contribution in [0.4, 0.5) is 0 Å². The maximum absolute atomic E-state index is 12.2. The molecule has 0 saturated heterocycles. The van der Waals surface area contributed by atoms with E-state index >= 15 is 0 Å². The molecule has 0 bridgehead atoms. The highest BCUT2D eigenvalue weighted by Crippen LogP contribution is 2.37. The summed E-state index contributed by atoms with van der Waals surface area (Å²) in [6.07, 6.45) is 1.67. The number of ether oxygens (including phenoxy) is 3. The summed E-state index contributed by atoms with van der Waals surface area (Å²) in [6.45, 7) is 2.73. The van der Waals surface area contributed by atoms with Crippen molar-refractivity contribution in [2.45, 2.75) is 20.0 Å². The molecular formula is C25H23Cl3N2O4. The van der Waals surface area contributed by atoms with Gasteiger partial charge in [-0.2, -0.15) is 5.10 Å². The average Bonchev–Trinajstić information content (AvgIpc) is 2.81. The first-order valence-electron chi connectivity index (χ1n) is 10.4. The molecule has 0 heterocycles. The molecular weight excluding hydrogens is 499 g/mol. The van der Waals surface area contributed by atoms with Crippen molar-refractivity contribution >= 4 is 46.9 Å². The molecule has 6 nitrogen and oxygen atoms in total. The highest BCUT2D eigenvalue weighted by atomic mass is 35.5. The van der Waals surface area contributed by atoms with E-state index in [0.29, 0.717) is 38.7 Å². The Kier molecular flexibility index (Phi) is 9.45. The molecule has 0 aliphatic rings. The predicted octanol–water partition coefficient (Wildman–Crippen LogP) is 6.33. The summed E-state index contributed by atoms with van der Waals surface area (Å²) >= 11 is 18.4. The molecule has 34 heavy (non-hydrogen) atoms. The fourth-order valence-corrected chi connectivity index (χ4v) is 3.61.